The molecule has 16 heavy (non-hydrogen) atoms. The lowest BCUT2D eigenvalue weighted by atomic mass is 10.1. The van der Waals surface area contributed by atoms with Crippen molar-refractivity contribution in [1.82, 2.24) is 0 Å². The van der Waals surface area contributed by atoms with Crippen LogP contribution in [0.25, 0.3) is 4.98 Å². The number of aryl methyl sites for hydroxylation is 2. The molecule has 0 radical (unpaired) electrons. The second kappa shape index (κ2) is 5.35. The third-order valence-electron chi connectivity index (χ3n) is 1.59. The minimum atomic E-state index is -6.00. The van der Waals surface area contributed by atoms with E-state index in [0.717, 1.165) is 11.1 Å². The molecule has 0 aliphatic rings. The Labute approximate surface area is 89.4 Å². The van der Waals surface area contributed by atoms with Crippen LogP contribution in [0.2, 0.25) is 0 Å². The van der Waals surface area contributed by atoms with E-state index in [2.05, 4.69) is 4.98 Å². The van der Waals surface area contributed by atoms with Gasteiger partial charge in [-0.15, -0.1) is 0 Å². The van der Waals surface area contributed by atoms with E-state index in [-0.39, 0.29) is 5.75 Å². The van der Waals surface area contributed by atoms with Gasteiger partial charge in [0.2, 0.25) is 5.39 Å². The minimum Gasteiger partial charge on any atom is -0.507 e. The molecule has 1 rings (SSSR count). The van der Waals surface area contributed by atoms with Gasteiger partial charge >= 0.3 is 12.9 Å². The van der Waals surface area contributed by atoms with Crippen molar-refractivity contribution in [2.24, 2.45) is 0 Å². The monoisotopic (exact) mass is 236 g/mol. The number of phenolic OH excluding ortho intramolecular Hbond substituents is 1. The van der Waals surface area contributed by atoms with E-state index >= 15 is 0 Å². The first kappa shape index (κ1) is 14.2. The highest BCUT2D eigenvalue weighted by Gasteiger charge is 2.20. The molecule has 0 saturated heterocycles. The molecule has 0 bridgehead atoms. The van der Waals surface area contributed by atoms with Gasteiger partial charge in [0.15, 0.2) is 4.98 Å². The maximum atomic E-state index is 9.75. The van der Waals surface area contributed by atoms with Crippen molar-refractivity contribution in [3.05, 3.63) is 28.2 Å². The Morgan fingerprint density at radius 2 is 1.44 bits per heavy atom. The van der Waals surface area contributed by atoms with Crippen LogP contribution in [-0.4, -0.2) is 12.4 Å². The third kappa shape index (κ3) is 5.85. The number of rotatable bonds is 0. The Bertz CT molecular complexity index is 384. The second-order valence-corrected chi connectivity index (χ2v) is 3.02. The number of phenols is 1. The normalized spacial score (nSPS) is 10.1. The summed E-state index contributed by atoms with van der Waals surface area (Å²) in [4.78, 5) is 3.02. The highest BCUT2D eigenvalue weighted by Crippen LogP contribution is 2.26. The van der Waals surface area contributed by atoms with Crippen molar-refractivity contribution in [2.45, 2.75) is 13.8 Å². The van der Waals surface area contributed by atoms with Crippen molar-refractivity contribution >= 4 is 12.9 Å². The molecule has 0 spiro atoms. The summed E-state index contributed by atoms with van der Waals surface area (Å²) in [6, 6.07) is 3.23. The number of nitrogens with zero attached hydrogens (tertiary/aromatic N) is 2. The summed E-state index contributed by atoms with van der Waals surface area (Å²) in [6.07, 6.45) is 0. The zero-order chi connectivity index (χ0) is 12.9. The topological polar surface area (TPSA) is 48.4 Å². The van der Waals surface area contributed by atoms with Crippen molar-refractivity contribution in [3.63, 3.8) is 0 Å². The van der Waals surface area contributed by atoms with Gasteiger partial charge in [0.25, 0.3) is 0 Å². The number of hydrogen-bond donors (Lipinski definition) is 1. The summed E-state index contributed by atoms with van der Waals surface area (Å²) in [5.41, 5.74) is 1.91. The van der Waals surface area contributed by atoms with Crippen molar-refractivity contribution in [2.75, 3.05) is 0 Å². The first-order valence-corrected chi connectivity index (χ1v) is 4.17. The minimum absolute atomic E-state index is 0.261. The molecule has 0 amide bonds. The van der Waals surface area contributed by atoms with Gasteiger partial charge in [0.05, 0.1) is 0 Å². The number of halogens is 4. The van der Waals surface area contributed by atoms with E-state index < -0.39 is 7.25 Å². The fraction of sp³-hybridized carbons (Fsp3) is 0.250. The zero-order valence-electron chi connectivity index (χ0n) is 8.59. The number of hydrogen-bond acceptors (Lipinski definition) is 2. The van der Waals surface area contributed by atoms with Crippen LogP contribution in [0.4, 0.5) is 23.0 Å². The second-order valence-electron chi connectivity index (χ2n) is 3.02. The van der Waals surface area contributed by atoms with Crippen LogP contribution in [0.1, 0.15) is 11.1 Å². The largest absolute Gasteiger partial charge is 0.673 e. The van der Waals surface area contributed by atoms with E-state index in [1.54, 1.807) is 26.0 Å². The molecule has 0 aliphatic carbocycles. The van der Waals surface area contributed by atoms with Gasteiger partial charge in [-0.2, -0.15) is 0 Å². The van der Waals surface area contributed by atoms with E-state index in [9.17, 15) is 22.4 Å². The molecule has 0 saturated carbocycles. The quantitative estimate of drug-likeness (QED) is 0.423. The Hall–Kier alpha value is -1.78. The highest BCUT2D eigenvalue weighted by atomic mass is 19.5. The average molecular weight is 236 g/mol. The van der Waals surface area contributed by atoms with Gasteiger partial charge in [0, 0.05) is 12.1 Å². The van der Waals surface area contributed by atoms with Crippen LogP contribution in [0.15, 0.2) is 12.1 Å². The van der Waals surface area contributed by atoms with Gasteiger partial charge in [-0.25, -0.2) is 0 Å². The van der Waals surface area contributed by atoms with Crippen molar-refractivity contribution in [3.8, 4) is 5.75 Å². The van der Waals surface area contributed by atoms with Crippen LogP contribution in [0, 0.1) is 19.2 Å². The Kier molecular flexibility index (Phi) is 4.75. The van der Waals surface area contributed by atoms with Crippen LogP contribution >= 0.6 is 0 Å². The molecule has 0 aromatic heterocycles. The summed E-state index contributed by atoms with van der Waals surface area (Å²) in [5, 5.41) is 17.7. The average Bonchev–Trinajstić information content (AvgIpc) is 2.10. The summed E-state index contributed by atoms with van der Waals surface area (Å²) in [6.45, 7) is 3.52. The molecule has 0 unspecified atom stereocenters. The number of benzene rings is 1. The third-order valence-corrected chi connectivity index (χ3v) is 1.59. The van der Waals surface area contributed by atoms with E-state index in [1.165, 1.54) is 0 Å². The molecule has 0 atom stereocenters. The van der Waals surface area contributed by atoms with Gasteiger partial charge in [-0.1, -0.05) is 0 Å². The van der Waals surface area contributed by atoms with Gasteiger partial charge in [-0.3, -0.25) is 0 Å². The number of diazo groups is 1. The molecular formula is C8H9BF4N2O. The van der Waals surface area contributed by atoms with Crippen LogP contribution < -0.4 is 0 Å². The van der Waals surface area contributed by atoms with Gasteiger partial charge < -0.3 is 22.4 Å². The Morgan fingerprint density at radius 3 is 1.69 bits per heavy atom. The molecule has 1 N–H and O–H groups in total. The Balaban J connectivity index is 0.000000385. The standard InChI is InChI=1S/C8H8N2O.BF4/c1-5-3-7(10-9)4-6(2)8(5)11;2-1(3,4)5/h3-4H,1-2H3;/q;-1/p+1. The summed E-state index contributed by atoms with van der Waals surface area (Å²) in [7, 11) is -6.00. The van der Waals surface area contributed by atoms with Crippen LogP contribution in [-0.2, 0) is 0 Å². The van der Waals surface area contributed by atoms with Crippen LogP contribution in [0.5, 0.6) is 5.75 Å². The SMILES string of the molecule is Cc1cc([N+]#N)cc(C)c1O.F[B-](F)(F)F. The lowest BCUT2D eigenvalue weighted by Crippen LogP contribution is -2.02. The van der Waals surface area contributed by atoms with Crippen LogP contribution in [0.3, 0.4) is 0 Å². The molecule has 0 fully saturated rings. The zero-order valence-corrected chi connectivity index (χ0v) is 8.59. The van der Waals surface area contributed by atoms with Gasteiger partial charge in [-0.05, 0) is 25.0 Å². The summed E-state index contributed by atoms with van der Waals surface area (Å²) in [5.74, 6) is 0.261. The Morgan fingerprint density at radius 1 is 1.12 bits per heavy atom. The lowest BCUT2D eigenvalue weighted by molar-refractivity contribution is 0.368. The first-order chi connectivity index (χ1) is 7.15. The van der Waals surface area contributed by atoms with E-state index in [1.807, 2.05) is 0 Å². The van der Waals surface area contributed by atoms with E-state index in [4.69, 9.17) is 5.39 Å². The fourth-order valence-electron chi connectivity index (χ4n) is 0.991. The maximum absolute atomic E-state index is 9.75. The molecule has 0 heterocycles. The highest BCUT2D eigenvalue weighted by molar-refractivity contribution is 6.50. The molecule has 0 aliphatic heterocycles. The molecule has 8 heteroatoms. The molecule has 88 valence electrons. The van der Waals surface area contributed by atoms with Gasteiger partial charge in [0.1, 0.15) is 5.75 Å². The molecule has 1 aromatic carbocycles. The fourth-order valence-corrected chi connectivity index (χ4v) is 0.991. The first-order valence-electron chi connectivity index (χ1n) is 4.17. The predicted octanol–water partition coefficient (Wildman–Crippen LogP) is 3.79. The summed E-state index contributed by atoms with van der Waals surface area (Å²) < 4.78 is 39.0. The molecule has 1 aromatic rings. The maximum Gasteiger partial charge on any atom is 0.673 e. The molecule has 3 nitrogen and oxygen atoms in total. The predicted molar refractivity (Wildman–Crippen MR) is 52.5 cm³/mol. The number of aromatic hydroxyl groups is 1. The smallest absolute Gasteiger partial charge is 0.507 e. The lowest BCUT2D eigenvalue weighted by Gasteiger charge is -1.97. The van der Waals surface area contributed by atoms with Crippen molar-refractivity contribution < 1.29 is 22.4 Å². The summed E-state index contributed by atoms with van der Waals surface area (Å²) >= 11 is 0. The molecular weight excluding hydrogens is 227 g/mol. The van der Waals surface area contributed by atoms with E-state index in [0.29, 0.717) is 5.69 Å². The van der Waals surface area contributed by atoms with Crippen molar-refractivity contribution in [1.29, 1.82) is 5.39 Å².